The summed E-state index contributed by atoms with van der Waals surface area (Å²) in [6, 6.07) is 13.9. The minimum Gasteiger partial charge on any atom is -0.372 e. The first-order valence-corrected chi connectivity index (χ1v) is 12.0. The molecule has 0 radical (unpaired) electrons. The van der Waals surface area contributed by atoms with Crippen LogP contribution in [-0.4, -0.2) is 71.0 Å². The summed E-state index contributed by atoms with van der Waals surface area (Å²) in [7, 11) is 0. The maximum Gasteiger partial charge on any atom is 0.316 e. The third-order valence-corrected chi connectivity index (χ3v) is 6.84. The van der Waals surface area contributed by atoms with E-state index >= 15 is 0 Å². The van der Waals surface area contributed by atoms with Crippen LogP contribution >= 0.6 is 0 Å². The fraction of sp³-hybridized carbons (Fsp3) is 0.385. The molecule has 2 amide bonds. The second-order valence-corrected chi connectivity index (χ2v) is 9.20. The fourth-order valence-electron chi connectivity index (χ4n) is 4.57. The van der Waals surface area contributed by atoms with Gasteiger partial charge in [0.25, 0.3) is 5.91 Å². The van der Waals surface area contributed by atoms with Crippen molar-refractivity contribution in [3.63, 3.8) is 0 Å². The predicted octanol–water partition coefficient (Wildman–Crippen LogP) is 3.71. The minimum atomic E-state index is -0.548. The molecule has 2 fully saturated rings. The van der Waals surface area contributed by atoms with Crippen molar-refractivity contribution in [2.24, 2.45) is 5.92 Å². The third-order valence-electron chi connectivity index (χ3n) is 6.84. The molecule has 2 aliphatic rings. The van der Waals surface area contributed by atoms with Gasteiger partial charge in [-0.15, -0.1) is 0 Å². The van der Waals surface area contributed by atoms with Crippen molar-refractivity contribution < 1.29 is 18.5 Å². The molecule has 0 N–H and O–H groups in total. The Morgan fingerprint density at radius 2 is 1.51 bits per heavy atom. The standard InChI is InChI=1S/C26H28FN5O3/c1-18-10-12-30(13-11-18)20-8-6-19(7-9-20)23-28-24(35-29-23)26(34)32-16-14-31(15-17-32)25(33)21-4-2-3-5-22(21)27/h2-9,18H,10-17H2,1H3. The first-order chi connectivity index (χ1) is 17.0. The van der Waals surface area contributed by atoms with E-state index in [1.54, 1.807) is 21.9 Å². The van der Waals surface area contributed by atoms with Crippen molar-refractivity contribution >= 4 is 17.5 Å². The summed E-state index contributed by atoms with van der Waals surface area (Å²) >= 11 is 0. The van der Waals surface area contributed by atoms with Gasteiger partial charge in [-0.05, 0) is 55.2 Å². The fourth-order valence-corrected chi connectivity index (χ4v) is 4.57. The van der Waals surface area contributed by atoms with E-state index in [1.165, 1.54) is 30.7 Å². The lowest BCUT2D eigenvalue weighted by Gasteiger charge is -2.34. The molecule has 0 spiro atoms. The lowest BCUT2D eigenvalue weighted by atomic mass is 9.98. The Morgan fingerprint density at radius 1 is 0.886 bits per heavy atom. The SMILES string of the molecule is CC1CCN(c2ccc(-c3noc(C(=O)N4CCN(C(=O)c5ccccc5F)CC4)n3)cc2)CC1. The maximum absolute atomic E-state index is 14.0. The summed E-state index contributed by atoms with van der Waals surface area (Å²) < 4.78 is 19.2. The molecule has 2 aliphatic heterocycles. The summed E-state index contributed by atoms with van der Waals surface area (Å²) in [4.78, 5) is 35.3. The number of anilines is 1. The highest BCUT2D eigenvalue weighted by Crippen LogP contribution is 2.26. The number of nitrogens with zero attached hydrogens (tertiary/aromatic N) is 5. The summed E-state index contributed by atoms with van der Waals surface area (Å²) in [5.74, 6) is -0.244. The molecule has 5 rings (SSSR count). The molecule has 0 saturated carbocycles. The Kier molecular flexibility index (Phi) is 6.48. The van der Waals surface area contributed by atoms with E-state index < -0.39 is 5.82 Å². The van der Waals surface area contributed by atoms with Crippen LogP contribution in [0.25, 0.3) is 11.4 Å². The number of hydrogen-bond acceptors (Lipinski definition) is 6. The molecule has 3 aromatic rings. The molecular formula is C26H28FN5O3. The number of piperidine rings is 1. The second-order valence-electron chi connectivity index (χ2n) is 9.20. The number of aromatic nitrogens is 2. The van der Waals surface area contributed by atoms with Gasteiger partial charge in [0.2, 0.25) is 5.82 Å². The van der Waals surface area contributed by atoms with Gasteiger partial charge in [0, 0.05) is 50.5 Å². The Bertz CT molecular complexity index is 1200. The predicted molar refractivity (Wildman–Crippen MR) is 129 cm³/mol. The maximum atomic E-state index is 14.0. The van der Waals surface area contributed by atoms with Gasteiger partial charge >= 0.3 is 11.8 Å². The molecule has 9 heteroatoms. The van der Waals surface area contributed by atoms with E-state index in [2.05, 4.69) is 34.1 Å². The van der Waals surface area contributed by atoms with Crippen LogP contribution in [-0.2, 0) is 0 Å². The van der Waals surface area contributed by atoms with E-state index in [1.807, 2.05) is 12.1 Å². The molecule has 0 aliphatic carbocycles. The zero-order valence-electron chi connectivity index (χ0n) is 19.7. The van der Waals surface area contributed by atoms with Crippen LogP contribution < -0.4 is 4.90 Å². The van der Waals surface area contributed by atoms with Crippen molar-refractivity contribution in [2.75, 3.05) is 44.2 Å². The van der Waals surface area contributed by atoms with E-state index in [9.17, 15) is 14.0 Å². The largest absolute Gasteiger partial charge is 0.372 e. The van der Waals surface area contributed by atoms with E-state index in [4.69, 9.17) is 4.52 Å². The van der Waals surface area contributed by atoms with E-state index in [0.29, 0.717) is 32.0 Å². The van der Waals surface area contributed by atoms with E-state index in [0.717, 1.165) is 24.6 Å². The highest BCUT2D eigenvalue weighted by Gasteiger charge is 2.29. The lowest BCUT2D eigenvalue weighted by Crippen LogP contribution is -2.50. The van der Waals surface area contributed by atoms with Gasteiger partial charge in [0.15, 0.2) is 0 Å². The van der Waals surface area contributed by atoms with Gasteiger partial charge in [-0.2, -0.15) is 4.98 Å². The third kappa shape index (κ3) is 4.89. The zero-order valence-corrected chi connectivity index (χ0v) is 19.7. The molecule has 0 bridgehead atoms. The zero-order chi connectivity index (χ0) is 24.4. The van der Waals surface area contributed by atoms with Crippen LogP contribution in [0.15, 0.2) is 53.1 Å². The molecule has 3 heterocycles. The molecule has 8 nitrogen and oxygen atoms in total. The first-order valence-electron chi connectivity index (χ1n) is 12.0. The van der Waals surface area contributed by atoms with Crippen molar-refractivity contribution in [3.8, 4) is 11.4 Å². The molecule has 0 atom stereocenters. The van der Waals surface area contributed by atoms with Gasteiger partial charge in [-0.25, -0.2) is 4.39 Å². The average Bonchev–Trinajstić information content (AvgIpc) is 3.39. The molecular weight excluding hydrogens is 449 g/mol. The Labute approximate surface area is 203 Å². The van der Waals surface area contributed by atoms with Crippen LogP contribution in [0.1, 0.15) is 40.8 Å². The number of carbonyl (C=O) groups is 2. The van der Waals surface area contributed by atoms with Crippen LogP contribution in [0.5, 0.6) is 0 Å². The summed E-state index contributed by atoms with van der Waals surface area (Å²) in [5.41, 5.74) is 1.99. The number of benzene rings is 2. The van der Waals surface area contributed by atoms with Crippen LogP contribution in [0.2, 0.25) is 0 Å². The van der Waals surface area contributed by atoms with Gasteiger partial charge in [-0.1, -0.05) is 24.2 Å². The highest BCUT2D eigenvalue weighted by molar-refractivity contribution is 5.95. The molecule has 182 valence electrons. The topological polar surface area (TPSA) is 82.8 Å². The highest BCUT2D eigenvalue weighted by atomic mass is 19.1. The minimum absolute atomic E-state index is 0.0367. The summed E-state index contributed by atoms with van der Waals surface area (Å²) in [6.45, 7) is 5.62. The molecule has 0 unspecified atom stereocenters. The Balaban J connectivity index is 1.19. The number of piperazine rings is 1. The van der Waals surface area contributed by atoms with Crippen LogP contribution in [0.3, 0.4) is 0 Å². The lowest BCUT2D eigenvalue weighted by molar-refractivity contribution is 0.0505. The van der Waals surface area contributed by atoms with Crippen molar-refractivity contribution in [1.82, 2.24) is 19.9 Å². The Hall–Kier alpha value is -3.75. The molecule has 2 aromatic carbocycles. The van der Waals surface area contributed by atoms with Crippen molar-refractivity contribution in [2.45, 2.75) is 19.8 Å². The first kappa shape index (κ1) is 23.0. The van der Waals surface area contributed by atoms with Crippen molar-refractivity contribution in [1.29, 1.82) is 0 Å². The number of hydrogen-bond donors (Lipinski definition) is 0. The number of carbonyl (C=O) groups excluding carboxylic acids is 2. The van der Waals surface area contributed by atoms with Gasteiger partial charge in [0.1, 0.15) is 5.82 Å². The summed E-state index contributed by atoms with van der Waals surface area (Å²) in [5, 5.41) is 3.99. The smallest absolute Gasteiger partial charge is 0.316 e. The van der Waals surface area contributed by atoms with Gasteiger partial charge < -0.3 is 19.2 Å². The van der Waals surface area contributed by atoms with Gasteiger partial charge in [0.05, 0.1) is 5.56 Å². The van der Waals surface area contributed by atoms with Crippen molar-refractivity contribution in [3.05, 3.63) is 65.8 Å². The monoisotopic (exact) mass is 477 g/mol. The molecule has 1 aromatic heterocycles. The quantitative estimate of drug-likeness (QED) is 0.570. The molecule has 35 heavy (non-hydrogen) atoms. The van der Waals surface area contributed by atoms with Gasteiger partial charge in [-0.3, -0.25) is 9.59 Å². The normalized spacial score (nSPS) is 17.0. The number of rotatable bonds is 4. The van der Waals surface area contributed by atoms with Crippen LogP contribution in [0.4, 0.5) is 10.1 Å². The second kappa shape index (κ2) is 9.85. The van der Waals surface area contributed by atoms with Crippen LogP contribution in [0, 0.1) is 11.7 Å². The molecule has 2 saturated heterocycles. The number of amides is 2. The number of halogens is 1. The summed E-state index contributed by atoms with van der Waals surface area (Å²) in [6.07, 6.45) is 2.40. The van der Waals surface area contributed by atoms with E-state index in [-0.39, 0.29) is 23.3 Å². The average molecular weight is 478 g/mol. The Morgan fingerprint density at radius 3 is 2.17 bits per heavy atom.